The number of esters is 1. The number of carbonyl (C=O) groups is 1. The minimum Gasteiger partial charge on any atom is -0.467 e. The van der Waals surface area contributed by atoms with Gasteiger partial charge in [-0.25, -0.2) is 4.79 Å². The molecule has 0 saturated heterocycles. The highest BCUT2D eigenvalue weighted by atomic mass is 16.6. The van der Waals surface area contributed by atoms with E-state index < -0.39 is 0 Å². The number of carbonyl (C=O) groups excluding carboxylic acids is 1. The molecule has 0 saturated carbocycles. The minimum absolute atomic E-state index is 0.0787. The zero-order valence-corrected chi connectivity index (χ0v) is 8.84. The van der Waals surface area contributed by atoms with Crippen LogP contribution in [0.2, 0.25) is 0 Å². The van der Waals surface area contributed by atoms with Crippen molar-refractivity contribution in [2.45, 2.75) is 33.1 Å². The third-order valence-electron chi connectivity index (χ3n) is 1.98. The molecule has 1 atom stereocenters. The molecule has 3 nitrogen and oxygen atoms in total. The van der Waals surface area contributed by atoms with Crippen molar-refractivity contribution < 1.29 is 14.3 Å². The standard InChI is InChI=1S/C10H20O3/c1-4-5-9(2)6-7-13-8-10(11)12-3/h9H,4-8H2,1-3H3. The van der Waals surface area contributed by atoms with Gasteiger partial charge < -0.3 is 9.47 Å². The van der Waals surface area contributed by atoms with E-state index in [1.807, 2.05) is 0 Å². The van der Waals surface area contributed by atoms with E-state index in [1.54, 1.807) is 0 Å². The zero-order chi connectivity index (χ0) is 10.1. The summed E-state index contributed by atoms with van der Waals surface area (Å²) in [6, 6.07) is 0. The first-order valence-electron chi connectivity index (χ1n) is 4.85. The quantitative estimate of drug-likeness (QED) is 0.453. The molecule has 0 aliphatic carbocycles. The molecule has 0 N–H and O–H groups in total. The van der Waals surface area contributed by atoms with Crippen molar-refractivity contribution in [2.24, 2.45) is 5.92 Å². The van der Waals surface area contributed by atoms with Crippen molar-refractivity contribution in [3.8, 4) is 0 Å². The SMILES string of the molecule is CCCC(C)CCOCC(=O)OC. The lowest BCUT2D eigenvalue weighted by molar-refractivity contribution is -0.146. The Hall–Kier alpha value is -0.570. The van der Waals surface area contributed by atoms with E-state index in [2.05, 4.69) is 18.6 Å². The van der Waals surface area contributed by atoms with Gasteiger partial charge in [0.2, 0.25) is 0 Å². The van der Waals surface area contributed by atoms with Crippen molar-refractivity contribution >= 4 is 5.97 Å². The first-order valence-corrected chi connectivity index (χ1v) is 4.85. The topological polar surface area (TPSA) is 35.5 Å². The Labute approximate surface area is 80.4 Å². The molecule has 0 spiro atoms. The molecule has 0 aromatic carbocycles. The molecule has 13 heavy (non-hydrogen) atoms. The first kappa shape index (κ1) is 12.4. The molecule has 0 rings (SSSR count). The van der Waals surface area contributed by atoms with Crippen molar-refractivity contribution in [3.05, 3.63) is 0 Å². The second-order valence-corrected chi connectivity index (χ2v) is 3.31. The van der Waals surface area contributed by atoms with Crippen LogP contribution in [0, 0.1) is 5.92 Å². The molecule has 0 fully saturated rings. The van der Waals surface area contributed by atoms with Crippen molar-refractivity contribution in [1.29, 1.82) is 0 Å². The van der Waals surface area contributed by atoms with Gasteiger partial charge in [-0.05, 0) is 12.3 Å². The fourth-order valence-corrected chi connectivity index (χ4v) is 1.14. The monoisotopic (exact) mass is 188 g/mol. The fourth-order valence-electron chi connectivity index (χ4n) is 1.14. The Balaban J connectivity index is 3.20. The summed E-state index contributed by atoms with van der Waals surface area (Å²) in [7, 11) is 1.37. The van der Waals surface area contributed by atoms with E-state index in [1.165, 1.54) is 20.0 Å². The molecular formula is C10H20O3. The summed E-state index contributed by atoms with van der Waals surface area (Å²) in [4.78, 5) is 10.6. The largest absolute Gasteiger partial charge is 0.467 e. The second-order valence-electron chi connectivity index (χ2n) is 3.31. The van der Waals surface area contributed by atoms with Gasteiger partial charge in [-0.1, -0.05) is 26.7 Å². The molecule has 0 heterocycles. The fraction of sp³-hybridized carbons (Fsp3) is 0.900. The highest BCUT2D eigenvalue weighted by Gasteiger charge is 2.02. The van der Waals surface area contributed by atoms with Crippen LogP contribution in [0.25, 0.3) is 0 Å². The van der Waals surface area contributed by atoms with Gasteiger partial charge in [0.05, 0.1) is 7.11 Å². The first-order chi connectivity index (χ1) is 6.20. The summed E-state index contributed by atoms with van der Waals surface area (Å²) in [5.74, 6) is 0.380. The minimum atomic E-state index is -0.303. The Bertz CT molecular complexity index is 134. The average molecular weight is 188 g/mol. The van der Waals surface area contributed by atoms with Crippen molar-refractivity contribution in [2.75, 3.05) is 20.3 Å². The number of hydrogen-bond acceptors (Lipinski definition) is 3. The Morgan fingerprint density at radius 2 is 2.08 bits per heavy atom. The van der Waals surface area contributed by atoms with Crippen LogP contribution in [0.15, 0.2) is 0 Å². The zero-order valence-electron chi connectivity index (χ0n) is 8.84. The highest BCUT2D eigenvalue weighted by molar-refractivity contribution is 5.70. The molecule has 78 valence electrons. The lowest BCUT2D eigenvalue weighted by Crippen LogP contribution is -2.12. The Morgan fingerprint density at radius 1 is 1.38 bits per heavy atom. The van der Waals surface area contributed by atoms with Crippen LogP contribution < -0.4 is 0 Å². The van der Waals surface area contributed by atoms with E-state index in [4.69, 9.17) is 4.74 Å². The van der Waals surface area contributed by atoms with E-state index in [9.17, 15) is 4.79 Å². The summed E-state index contributed by atoms with van der Waals surface area (Å²) in [5.41, 5.74) is 0. The van der Waals surface area contributed by atoms with Gasteiger partial charge in [0, 0.05) is 6.61 Å². The van der Waals surface area contributed by atoms with Crippen LogP contribution >= 0.6 is 0 Å². The van der Waals surface area contributed by atoms with E-state index in [-0.39, 0.29) is 12.6 Å². The third kappa shape index (κ3) is 7.78. The van der Waals surface area contributed by atoms with E-state index in [0.29, 0.717) is 12.5 Å². The summed E-state index contributed by atoms with van der Waals surface area (Å²) in [6.45, 7) is 5.10. The molecule has 3 heteroatoms. The predicted molar refractivity (Wildman–Crippen MR) is 51.5 cm³/mol. The summed E-state index contributed by atoms with van der Waals surface area (Å²) >= 11 is 0. The number of hydrogen-bond donors (Lipinski definition) is 0. The summed E-state index contributed by atoms with van der Waals surface area (Å²) in [5, 5.41) is 0. The van der Waals surface area contributed by atoms with Gasteiger partial charge in [-0.15, -0.1) is 0 Å². The maximum absolute atomic E-state index is 10.6. The molecule has 0 aromatic heterocycles. The highest BCUT2D eigenvalue weighted by Crippen LogP contribution is 2.09. The summed E-state index contributed by atoms with van der Waals surface area (Å²) < 4.78 is 9.57. The molecule has 0 aliphatic heterocycles. The van der Waals surface area contributed by atoms with Gasteiger partial charge >= 0.3 is 5.97 Å². The molecule has 0 radical (unpaired) electrons. The molecule has 1 unspecified atom stereocenters. The van der Waals surface area contributed by atoms with Gasteiger partial charge in [0.25, 0.3) is 0 Å². The third-order valence-corrected chi connectivity index (χ3v) is 1.98. The van der Waals surface area contributed by atoms with Crippen molar-refractivity contribution in [3.63, 3.8) is 0 Å². The Morgan fingerprint density at radius 3 is 2.62 bits per heavy atom. The van der Waals surface area contributed by atoms with Gasteiger partial charge in [0.1, 0.15) is 6.61 Å². The average Bonchev–Trinajstić information content (AvgIpc) is 2.12. The lowest BCUT2D eigenvalue weighted by Gasteiger charge is -2.09. The smallest absolute Gasteiger partial charge is 0.331 e. The molecule has 0 amide bonds. The van der Waals surface area contributed by atoms with Crippen LogP contribution in [-0.2, 0) is 14.3 Å². The van der Waals surface area contributed by atoms with E-state index >= 15 is 0 Å². The summed E-state index contributed by atoms with van der Waals surface area (Å²) in [6.07, 6.45) is 3.45. The molecule has 0 bridgehead atoms. The maximum Gasteiger partial charge on any atom is 0.331 e. The van der Waals surface area contributed by atoms with E-state index in [0.717, 1.165) is 6.42 Å². The van der Waals surface area contributed by atoms with Gasteiger partial charge in [-0.3, -0.25) is 0 Å². The number of methoxy groups -OCH3 is 1. The van der Waals surface area contributed by atoms with Crippen LogP contribution in [0.5, 0.6) is 0 Å². The van der Waals surface area contributed by atoms with Gasteiger partial charge in [-0.2, -0.15) is 0 Å². The predicted octanol–water partition coefficient (Wildman–Crippen LogP) is 2.00. The second kappa shape index (κ2) is 8.05. The van der Waals surface area contributed by atoms with Crippen LogP contribution in [0.3, 0.4) is 0 Å². The van der Waals surface area contributed by atoms with Crippen molar-refractivity contribution in [1.82, 2.24) is 0 Å². The van der Waals surface area contributed by atoms with Crippen LogP contribution in [0.4, 0.5) is 0 Å². The number of ether oxygens (including phenoxy) is 2. The maximum atomic E-state index is 10.6. The normalized spacial score (nSPS) is 12.5. The molecular weight excluding hydrogens is 168 g/mol. The lowest BCUT2D eigenvalue weighted by atomic mass is 10.0. The molecule has 0 aliphatic rings. The Kier molecular flexibility index (Phi) is 7.69. The molecule has 0 aromatic rings. The van der Waals surface area contributed by atoms with Crippen LogP contribution in [0.1, 0.15) is 33.1 Å². The van der Waals surface area contributed by atoms with Gasteiger partial charge in [0.15, 0.2) is 0 Å². The number of rotatable bonds is 7. The van der Waals surface area contributed by atoms with Crippen LogP contribution in [-0.4, -0.2) is 26.3 Å².